The smallest absolute Gasteiger partial charge is 0.502 e. The summed E-state index contributed by atoms with van der Waals surface area (Å²) in [5.74, 6) is -0.529. The summed E-state index contributed by atoms with van der Waals surface area (Å²) in [6, 6.07) is 13.1. The number of quaternary nitrogens is 1. The number of fused-ring (bicyclic) bond motifs is 2. The predicted octanol–water partition coefficient (Wildman–Crippen LogP) is 1.28. The van der Waals surface area contributed by atoms with Gasteiger partial charge in [0.15, 0.2) is 0 Å². The maximum absolute atomic E-state index is 13.2. The minimum atomic E-state index is -2.85. The number of nitrogens with two attached hydrogens (primary N) is 1. The van der Waals surface area contributed by atoms with E-state index in [0.717, 1.165) is 21.9 Å². The molecule has 1 aromatic heterocycles. The maximum atomic E-state index is 13.2. The number of aromatic nitrogens is 1. The van der Waals surface area contributed by atoms with Gasteiger partial charge in [-0.15, -0.1) is 0 Å². The number of hydrogen-bond donors (Lipinski definition) is 3. The summed E-state index contributed by atoms with van der Waals surface area (Å²) >= 11 is 0. The second-order valence-electron chi connectivity index (χ2n) is 8.52. The molecule has 30 heavy (non-hydrogen) atoms. The molecular weight excluding hydrogens is 377 g/mol. The first-order chi connectivity index (χ1) is 14.2. The molecule has 0 fully saturated rings. The average molecular weight is 403 g/mol. The number of pyridine rings is 1. The lowest BCUT2D eigenvalue weighted by molar-refractivity contribution is -0.750. The standard InChI is InChI=1S/C23H26BN3O3/c1-27(2)11-9-20-19(4-3-5-22(20)24(27,29)30)21(14-25)23(28)13-16-6-7-18-15-26-10-8-17(18)12-16/h3-12,15,21,29-30H,13-14,25H2,1-2H3. The zero-order chi connectivity index (χ0) is 21.5. The van der Waals surface area contributed by atoms with Gasteiger partial charge in [0.05, 0.1) is 12.1 Å². The number of hydrogen-bond acceptors (Lipinski definition) is 5. The first-order valence-electron chi connectivity index (χ1n) is 10.1. The monoisotopic (exact) mass is 403 g/mol. The normalized spacial score (nSPS) is 17.5. The van der Waals surface area contributed by atoms with Crippen LogP contribution in [0.15, 0.2) is 61.1 Å². The van der Waals surface area contributed by atoms with Gasteiger partial charge in [0, 0.05) is 44.8 Å². The molecule has 1 unspecified atom stereocenters. The van der Waals surface area contributed by atoms with Crippen LogP contribution < -0.4 is 11.2 Å². The highest BCUT2D eigenvalue weighted by atomic mass is 16.4. The molecule has 0 bridgehead atoms. The van der Waals surface area contributed by atoms with E-state index in [0.29, 0.717) is 11.0 Å². The Hall–Kier alpha value is -2.84. The number of carbonyl (C=O) groups is 1. The van der Waals surface area contributed by atoms with Crippen molar-refractivity contribution in [3.8, 4) is 0 Å². The molecule has 2 aromatic carbocycles. The molecule has 6 nitrogen and oxygen atoms in total. The second-order valence-corrected chi connectivity index (χ2v) is 8.52. The van der Waals surface area contributed by atoms with Crippen molar-refractivity contribution in [2.24, 2.45) is 5.73 Å². The van der Waals surface area contributed by atoms with Crippen molar-refractivity contribution in [3.05, 3.63) is 77.7 Å². The third-order valence-corrected chi connectivity index (χ3v) is 6.23. The number of Topliss-reactive ketones (excluding diaryl/α,β-unsaturated/α-hetero) is 1. The highest BCUT2D eigenvalue weighted by molar-refractivity contribution is 6.73. The molecule has 1 aliphatic rings. The summed E-state index contributed by atoms with van der Waals surface area (Å²) in [5.41, 5.74) is 8.78. The van der Waals surface area contributed by atoms with E-state index in [9.17, 15) is 14.8 Å². The van der Waals surface area contributed by atoms with Gasteiger partial charge in [0.2, 0.25) is 0 Å². The van der Waals surface area contributed by atoms with Gasteiger partial charge >= 0.3 is 6.69 Å². The Morgan fingerprint density at radius 1 is 1.17 bits per heavy atom. The van der Waals surface area contributed by atoms with Crippen molar-refractivity contribution >= 4 is 34.8 Å². The van der Waals surface area contributed by atoms with Crippen molar-refractivity contribution in [2.75, 3.05) is 20.6 Å². The Morgan fingerprint density at radius 3 is 2.73 bits per heavy atom. The molecule has 1 aliphatic heterocycles. The zero-order valence-corrected chi connectivity index (χ0v) is 17.2. The van der Waals surface area contributed by atoms with Crippen molar-refractivity contribution in [1.82, 2.24) is 4.98 Å². The van der Waals surface area contributed by atoms with E-state index < -0.39 is 12.6 Å². The summed E-state index contributed by atoms with van der Waals surface area (Å²) in [5, 5.41) is 23.7. The molecule has 0 spiro atoms. The van der Waals surface area contributed by atoms with Crippen LogP contribution in [-0.4, -0.2) is 52.5 Å². The minimum Gasteiger partial charge on any atom is -0.524 e. The summed E-state index contributed by atoms with van der Waals surface area (Å²) in [7, 11) is 3.46. The summed E-state index contributed by atoms with van der Waals surface area (Å²) in [6.45, 7) is -2.70. The quantitative estimate of drug-likeness (QED) is 0.558. The lowest BCUT2D eigenvalue weighted by Crippen LogP contribution is -2.71. The molecule has 0 aliphatic carbocycles. The highest BCUT2D eigenvalue weighted by Crippen LogP contribution is 2.28. The van der Waals surface area contributed by atoms with Crippen LogP contribution in [0, 0.1) is 0 Å². The minimum absolute atomic E-state index is 0.000934. The molecule has 3 aromatic rings. The summed E-state index contributed by atoms with van der Waals surface area (Å²) in [4.78, 5) is 17.3. The van der Waals surface area contributed by atoms with Crippen molar-refractivity contribution in [3.63, 3.8) is 0 Å². The molecule has 4 N–H and O–H groups in total. The van der Waals surface area contributed by atoms with Crippen LogP contribution in [0.25, 0.3) is 16.8 Å². The molecule has 0 radical (unpaired) electrons. The van der Waals surface area contributed by atoms with E-state index in [4.69, 9.17) is 5.73 Å². The SMILES string of the molecule is C[N+]1(C)C=Cc2c(C(CN)C(=O)Cc3ccc4cnccc4c3)cccc2[B-]1(O)O. The van der Waals surface area contributed by atoms with E-state index >= 15 is 0 Å². The molecule has 0 saturated carbocycles. The van der Waals surface area contributed by atoms with E-state index in [1.54, 1.807) is 44.8 Å². The fraction of sp³-hybridized carbons (Fsp3) is 0.217. The summed E-state index contributed by atoms with van der Waals surface area (Å²) in [6.07, 6.45) is 7.38. The van der Waals surface area contributed by atoms with E-state index in [1.807, 2.05) is 36.4 Å². The zero-order valence-electron chi connectivity index (χ0n) is 17.2. The third-order valence-electron chi connectivity index (χ3n) is 6.23. The van der Waals surface area contributed by atoms with Crippen LogP contribution in [0.1, 0.15) is 22.6 Å². The molecule has 0 amide bonds. The molecule has 1 atom stereocenters. The van der Waals surface area contributed by atoms with Crippen LogP contribution in [-0.2, 0) is 11.2 Å². The van der Waals surface area contributed by atoms with Crippen molar-refractivity contribution < 1.29 is 19.2 Å². The van der Waals surface area contributed by atoms with E-state index in [1.165, 1.54) is 0 Å². The van der Waals surface area contributed by atoms with Crippen molar-refractivity contribution in [2.45, 2.75) is 12.3 Å². The number of rotatable bonds is 5. The fourth-order valence-corrected chi connectivity index (χ4v) is 4.18. The molecule has 2 heterocycles. The molecule has 0 saturated heterocycles. The Labute approximate surface area is 175 Å². The van der Waals surface area contributed by atoms with Gasteiger partial charge in [-0.2, -0.15) is 0 Å². The maximum Gasteiger partial charge on any atom is 0.502 e. The topological polar surface area (TPSA) is 96.4 Å². The first-order valence-corrected chi connectivity index (χ1v) is 10.1. The van der Waals surface area contributed by atoms with E-state index in [2.05, 4.69) is 4.98 Å². The van der Waals surface area contributed by atoms with Crippen LogP contribution in [0.5, 0.6) is 0 Å². The van der Waals surface area contributed by atoms with Crippen LogP contribution in [0.2, 0.25) is 0 Å². The largest absolute Gasteiger partial charge is 0.524 e. The lowest BCUT2D eigenvalue weighted by Gasteiger charge is -2.48. The van der Waals surface area contributed by atoms with Crippen LogP contribution >= 0.6 is 0 Å². The van der Waals surface area contributed by atoms with Gasteiger partial charge in [-0.25, -0.2) is 0 Å². The van der Waals surface area contributed by atoms with Gasteiger partial charge in [0.25, 0.3) is 0 Å². The van der Waals surface area contributed by atoms with Crippen molar-refractivity contribution in [1.29, 1.82) is 0 Å². The first kappa shape index (κ1) is 20.4. The van der Waals surface area contributed by atoms with Gasteiger partial charge in [-0.3, -0.25) is 9.78 Å². The summed E-state index contributed by atoms with van der Waals surface area (Å²) < 4.78 is -0.0658. The third kappa shape index (κ3) is 3.36. The fourth-order valence-electron chi connectivity index (χ4n) is 4.18. The molecule has 4 rings (SSSR count). The number of nitrogens with zero attached hydrogens (tertiary/aromatic N) is 2. The number of carbonyl (C=O) groups excluding carboxylic acids is 1. The highest BCUT2D eigenvalue weighted by Gasteiger charge is 2.45. The Bertz CT molecular complexity index is 1160. The predicted molar refractivity (Wildman–Crippen MR) is 120 cm³/mol. The molecular formula is C23H26BN3O3. The number of ketones is 1. The van der Waals surface area contributed by atoms with Gasteiger partial charge in [-0.1, -0.05) is 41.9 Å². The van der Waals surface area contributed by atoms with Crippen LogP contribution in [0.4, 0.5) is 0 Å². The molecule has 154 valence electrons. The van der Waals surface area contributed by atoms with Gasteiger partial charge < -0.3 is 20.2 Å². The van der Waals surface area contributed by atoms with Gasteiger partial charge in [-0.05, 0) is 34.2 Å². The Balaban J connectivity index is 1.68. The lowest BCUT2D eigenvalue weighted by atomic mass is 9.56. The Kier molecular flexibility index (Phi) is 5.07. The molecule has 7 heteroatoms. The van der Waals surface area contributed by atoms with Gasteiger partial charge in [0.1, 0.15) is 5.78 Å². The Morgan fingerprint density at radius 2 is 1.97 bits per heavy atom. The number of benzene rings is 2. The van der Waals surface area contributed by atoms with Crippen LogP contribution in [0.3, 0.4) is 0 Å². The van der Waals surface area contributed by atoms with E-state index in [-0.39, 0.29) is 23.1 Å². The second kappa shape index (κ2) is 7.45. The average Bonchev–Trinajstić information content (AvgIpc) is 2.72.